The number of amidine groups is 1. The van der Waals surface area contributed by atoms with E-state index in [0.717, 1.165) is 32.5 Å². The van der Waals surface area contributed by atoms with E-state index in [9.17, 15) is 10.1 Å². The van der Waals surface area contributed by atoms with E-state index in [4.69, 9.17) is 11.5 Å². The Morgan fingerprint density at radius 3 is 2.74 bits per heavy atom. The van der Waals surface area contributed by atoms with Crippen LogP contribution in [0.4, 0.5) is 0 Å². The van der Waals surface area contributed by atoms with E-state index >= 15 is 0 Å². The molecule has 7 nitrogen and oxygen atoms in total. The van der Waals surface area contributed by atoms with Crippen LogP contribution in [0.5, 0.6) is 0 Å². The Hall–Kier alpha value is -1.47. The van der Waals surface area contributed by atoms with Gasteiger partial charge in [-0.05, 0) is 44.5 Å². The second-order valence-corrected chi connectivity index (χ2v) is 5.27. The maximum Gasteiger partial charge on any atom is 0.290 e. The van der Waals surface area contributed by atoms with E-state index in [0.29, 0.717) is 0 Å². The van der Waals surface area contributed by atoms with Crippen LogP contribution in [0.25, 0.3) is 0 Å². The Labute approximate surface area is 112 Å². The van der Waals surface area contributed by atoms with Gasteiger partial charge in [0, 0.05) is 11.1 Å². The number of nitrogens with two attached hydrogens (primary N) is 2. The van der Waals surface area contributed by atoms with E-state index in [1.54, 1.807) is 6.08 Å². The molecular weight excluding hydrogens is 246 g/mol. The monoisotopic (exact) mass is 267 g/mol. The third-order valence-corrected chi connectivity index (χ3v) is 4.29. The van der Waals surface area contributed by atoms with Crippen LogP contribution in [0.2, 0.25) is 0 Å². The van der Waals surface area contributed by atoms with Crippen LogP contribution < -0.4 is 11.5 Å². The van der Waals surface area contributed by atoms with Crippen LogP contribution in [0, 0.1) is 16.0 Å². The van der Waals surface area contributed by atoms with Gasteiger partial charge in [-0.2, -0.15) is 0 Å². The Kier molecular flexibility index (Phi) is 3.86. The van der Waals surface area contributed by atoms with Crippen molar-refractivity contribution in [1.82, 2.24) is 4.90 Å². The van der Waals surface area contributed by atoms with Gasteiger partial charge in [-0.25, -0.2) is 4.99 Å². The minimum absolute atomic E-state index is 0.00733. The van der Waals surface area contributed by atoms with Crippen LogP contribution in [0.1, 0.15) is 19.8 Å². The maximum atomic E-state index is 11.3. The summed E-state index contributed by atoms with van der Waals surface area (Å²) in [6.45, 7) is 4.97. The van der Waals surface area contributed by atoms with Crippen molar-refractivity contribution in [2.24, 2.45) is 22.4 Å². The normalized spacial score (nSPS) is 33.2. The third-order valence-electron chi connectivity index (χ3n) is 4.29. The van der Waals surface area contributed by atoms with Crippen LogP contribution in [-0.2, 0) is 0 Å². The SMILES string of the molecule is CCN1CCC(C2(N)C=CN=C(N)C2[N+](=O)[O-])CC1. The molecule has 2 aliphatic rings. The van der Waals surface area contributed by atoms with E-state index in [2.05, 4.69) is 16.8 Å². The first-order valence-corrected chi connectivity index (χ1v) is 6.64. The quantitative estimate of drug-likeness (QED) is 0.550. The lowest BCUT2D eigenvalue weighted by Crippen LogP contribution is -2.65. The highest BCUT2D eigenvalue weighted by Crippen LogP contribution is 2.33. The highest BCUT2D eigenvalue weighted by Gasteiger charge is 2.51. The van der Waals surface area contributed by atoms with Gasteiger partial charge in [0.25, 0.3) is 6.04 Å². The number of nitro groups is 1. The highest BCUT2D eigenvalue weighted by molar-refractivity contribution is 5.88. The fraction of sp³-hybridized carbons (Fsp3) is 0.750. The number of hydrogen-bond acceptors (Lipinski definition) is 6. The smallest absolute Gasteiger partial charge is 0.290 e. The summed E-state index contributed by atoms with van der Waals surface area (Å²) in [5, 5.41) is 11.3. The highest BCUT2D eigenvalue weighted by atomic mass is 16.6. The van der Waals surface area contributed by atoms with Gasteiger partial charge in [-0.3, -0.25) is 10.1 Å². The molecule has 2 heterocycles. The Morgan fingerprint density at radius 2 is 2.21 bits per heavy atom. The number of nitrogens with zero attached hydrogens (tertiary/aromatic N) is 3. The van der Waals surface area contributed by atoms with E-state index in [1.165, 1.54) is 6.20 Å². The van der Waals surface area contributed by atoms with Gasteiger partial charge >= 0.3 is 0 Å². The molecule has 0 aliphatic carbocycles. The van der Waals surface area contributed by atoms with Crippen molar-refractivity contribution < 1.29 is 4.92 Å². The lowest BCUT2D eigenvalue weighted by Gasteiger charge is -2.41. The van der Waals surface area contributed by atoms with Gasteiger partial charge in [0.1, 0.15) is 5.54 Å². The largest absolute Gasteiger partial charge is 0.381 e. The molecule has 106 valence electrons. The zero-order valence-electron chi connectivity index (χ0n) is 11.2. The number of aliphatic imine (C=N–C) groups is 1. The summed E-state index contributed by atoms with van der Waals surface area (Å²) in [6.07, 6.45) is 4.86. The number of piperidine rings is 1. The van der Waals surface area contributed by atoms with Crippen molar-refractivity contribution in [2.75, 3.05) is 19.6 Å². The molecule has 1 fully saturated rings. The van der Waals surface area contributed by atoms with Crippen molar-refractivity contribution in [1.29, 1.82) is 0 Å². The topological polar surface area (TPSA) is 111 Å². The summed E-state index contributed by atoms with van der Waals surface area (Å²) in [5.74, 6) is 0.0731. The maximum absolute atomic E-state index is 11.3. The van der Waals surface area contributed by atoms with Gasteiger partial charge in [0.15, 0.2) is 5.84 Å². The number of likely N-dealkylation sites (tertiary alicyclic amines) is 1. The molecular formula is C12H21N5O2. The molecule has 0 aromatic carbocycles. The molecule has 7 heteroatoms. The fourth-order valence-corrected chi connectivity index (χ4v) is 3.07. The van der Waals surface area contributed by atoms with Gasteiger partial charge in [-0.1, -0.05) is 6.92 Å². The van der Waals surface area contributed by atoms with Gasteiger partial charge in [0.2, 0.25) is 0 Å². The molecule has 1 saturated heterocycles. The summed E-state index contributed by atoms with van der Waals surface area (Å²) in [5.41, 5.74) is 11.0. The Balaban J connectivity index is 2.19. The summed E-state index contributed by atoms with van der Waals surface area (Å²) < 4.78 is 0. The molecule has 4 N–H and O–H groups in total. The van der Waals surface area contributed by atoms with Gasteiger partial charge in [0.05, 0.1) is 0 Å². The minimum Gasteiger partial charge on any atom is -0.381 e. The summed E-state index contributed by atoms with van der Waals surface area (Å²) in [7, 11) is 0. The summed E-state index contributed by atoms with van der Waals surface area (Å²) in [6, 6.07) is -1.12. The van der Waals surface area contributed by atoms with Crippen LogP contribution in [0.15, 0.2) is 17.3 Å². The van der Waals surface area contributed by atoms with Gasteiger partial charge < -0.3 is 16.4 Å². The molecule has 0 aromatic rings. The molecule has 19 heavy (non-hydrogen) atoms. The van der Waals surface area contributed by atoms with Crippen LogP contribution in [-0.4, -0.2) is 46.9 Å². The van der Waals surface area contributed by atoms with Crippen molar-refractivity contribution in [3.8, 4) is 0 Å². The average molecular weight is 267 g/mol. The van der Waals surface area contributed by atoms with E-state index in [-0.39, 0.29) is 11.8 Å². The fourth-order valence-electron chi connectivity index (χ4n) is 3.07. The lowest BCUT2D eigenvalue weighted by molar-refractivity contribution is -0.513. The molecule has 2 atom stereocenters. The second kappa shape index (κ2) is 5.26. The molecule has 0 spiro atoms. The van der Waals surface area contributed by atoms with Crippen LogP contribution >= 0.6 is 0 Å². The Morgan fingerprint density at radius 1 is 1.58 bits per heavy atom. The zero-order valence-corrected chi connectivity index (χ0v) is 11.2. The summed E-state index contributed by atoms with van der Waals surface area (Å²) in [4.78, 5) is 17.0. The van der Waals surface area contributed by atoms with Gasteiger partial charge in [-0.15, -0.1) is 0 Å². The number of hydrogen-bond donors (Lipinski definition) is 2. The predicted molar refractivity (Wildman–Crippen MR) is 73.3 cm³/mol. The first-order valence-electron chi connectivity index (χ1n) is 6.64. The molecule has 0 bridgehead atoms. The predicted octanol–water partition coefficient (Wildman–Crippen LogP) is -0.0544. The molecule has 2 unspecified atom stereocenters. The van der Waals surface area contributed by atoms with E-state index < -0.39 is 16.5 Å². The first kappa shape index (κ1) is 14.0. The average Bonchev–Trinajstić information content (AvgIpc) is 2.38. The minimum atomic E-state index is -1.12. The van der Waals surface area contributed by atoms with Crippen molar-refractivity contribution in [3.05, 3.63) is 22.4 Å². The van der Waals surface area contributed by atoms with E-state index in [1.807, 2.05) is 0 Å². The molecule has 2 aliphatic heterocycles. The molecule has 0 radical (unpaired) electrons. The van der Waals surface area contributed by atoms with Crippen LogP contribution in [0.3, 0.4) is 0 Å². The zero-order chi connectivity index (χ0) is 14.0. The number of rotatable bonds is 3. The molecule has 0 aromatic heterocycles. The van der Waals surface area contributed by atoms with Crippen molar-refractivity contribution in [3.63, 3.8) is 0 Å². The molecule has 0 saturated carbocycles. The molecule has 2 rings (SSSR count). The second-order valence-electron chi connectivity index (χ2n) is 5.27. The summed E-state index contributed by atoms with van der Waals surface area (Å²) >= 11 is 0. The first-order chi connectivity index (χ1) is 8.99. The van der Waals surface area contributed by atoms with Crippen molar-refractivity contribution >= 4 is 5.84 Å². The third kappa shape index (κ3) is 2.48. The lowest BCUT2D eigenvalue weighted by atomic mass is 9.72. The molecule has 0 amide bonds. The van der Waals surface area contributed by atoms with Crippen molar-refractivity contribution in [2.45, 2.75) is 31.3 Å². The standard InChI is InChI=1S/C12H21N5O2/c1-2-16-7-3-9(4-8-16)12(14)5-6-15-11(13)10(12)17(18)19/h5-6,9-10H,2-4,7-8,14H2,1H3,(H2,13,15). The Bertz CT molecular complexity index is 414.